The van der Waals surface area contributed by atoms with Crippen LogP contribution in [-0.4, -0.2) is 93.2 Å². The number of nitrogens with one attached hydrogen (secondary N) is 1. The standard InChI is InChI=1S/C26H32N4O6S/c1-5-36-25(32)22-19(16-29-10-12-30(13-11-29)24(31)21-7-6-14-37-21)28(2)26(33)27-23(22)18-9-8-17(34-3)15-20(18)35-4/h6-9,14-15,23H,5,10-13,16H2,1-4H3,(H,27,33). The van der Waals surface area contributed by atoms with Gasteiger partial charge in [0.1, 0.15) is 11.5 Å². The first-order valence-corrected chi connectivity index (χ1v) is 13.0. The quantitative estimate of drug-likeness (QED) is 0.526. The molecule has 0 aliphatic carbocycles. The normalized spacial score (nSPS) is 18.5. The van der Waals surface area contributed by atoms with Crippen LogP contribution in [0.2, 0.25) is 0 Å². The highest BCUT2D eigenvalue weighted by molar-refractivity contribution is 7.12. The second kappa shape index (κ2) is 11.7. The van der Waals surface area contributed by atoms with Crippen LogP contribution in [0.1, 0.15) is 28.2 Å². The van der Waals surface area contributed by atoms with Crippen molar-refractivity contribution in [3.63, 3.8) is 0 Å². The molecule has 2 aromatic rings. The molecule has 1 atom stereocenters. The molecule has 3 amide bonds. The van der Waals surface area contributed by atoms with Crippen molar-refractivity contribution in [2.24, 2.45) is 0 Å². The predicted octanol–water partition coefficient (Wildman–Crippen LogP) is 2.74. The third-order valence-electron chi connectivity index (χ3n) is 6.59. The molecule has 1 fully saturated rings. The molecule has 1 N–H and O–H groups in total. The van der Waals surface area contributed by atoms with Crippen molar-refractivity contribution < 1.29 is 28.6 Å². The number of hydrogen-bond donors (Lipinski definition) is 1. The Hall–Kier alpha value is -3.57. The maximum absolute atomic E-state index is 13.3. The van der Waals surface area contributed by atoms with Gasteiger partial charge in [-0.2, -0.15) is 0 Å². The van der Waals surface area contributed by atoms with Crippen LogP contribution in [-0.2, 0) is 9.53 Å². The fourth-order valence-corrected chi connectivity index (χ4v) is 5.26. The molecular weight excluding hydrogens is 496 g/mol. The van der Waals surface area contributed by atoms with Gasteiger partial charge in [-0.1, -0.05) is 6.07 Å². The molecule has 3 heterocycles. The number of piperazine rings is 1. The summed E-state index contributed by atoms with van der Waals surface area (Å²) in [6, 6.07) is 7.85. The van der Waals surface area contributed by atoms with Gasteiger partial charge in [-0.25, -0.2) is 9.59 Å². The summed E-state index contributed by atoms with van der Waals surface area (Å²) in [7, 11) is 4.73. The van der Waals surface area contributed by atoms with Crippen LogP contribution in [0.15, 0.2) is 47.0 Å². The molecular formula is C26H32N4O6S. The van der Waals surface area contributed by atoms with Gasteiger partial charge in [0.2, 0.25) is 0 Å². The third-order valence-corrected chi connectivity index (χ3v) is 7.45. The molecule has 0 spiro atoms. The molecule has 0 radical (unpaired) electrons. The number of benzene rings is 1. The van der Waals surface area contributed by atoms with Crippen molar-refractivity contribution in [3.05, 3.63) is 57.4 Å². The van der Waals surface area contributed by atoms with E-state index < -0.39 is 12.0 Å². The summed E-state index contributed by atoms with van der Waals surface area (Å²) in [5, 5.41) is 4.82. The Bertz CT molecular complexity index is 1170. The summed E-state index contributed by atoms with van der Waals surface area (Å²) in [5.74, 6) is 0.605. The Morgan fingerprint density at radius 2 is 1.86 bits per heavy atom. The molecule has 198 valence electrons. The van der Waals surface area contributed by atoms with E-state index in [4.69, 9.17) is 14.2 Å². The highest BCUT2D eigenvalue weighted by Crippen LogP contribution is 2.37. The topological polar surface area (TPSA) is 101 Å². The number of ether oxygens (including phenoxy) is 3. The summed E-state index contributed by atoms with van der Waals surface area (Å²) in [4.78, 5) is 45.2. The molecule has 0 bridgehead atoms. The first kappa shape index (κ1) is 26.5. The van der Waals surface area contributed by atoms with Crippen molar-refractivity contribution in [3.8, 4) is 11.5 Å². The summed E-state index contributed by atoms with van der Waals surface area (Å²) in [6.07, 6.45) is 0. The van der Waals surface area contributed by atoms with Crippen molar-refractivity contribution in [2.75, 3.05) is 60.6 Å². The highest BCUT2D eigenvalue weighted by Gasteiger charge is 2.39. The van der Waals surface area contributed by atoms with E-state index in [-0.39, 0.29) is 18.5 Å². The molecule has 2 aliphatic heterocycles. The zero-order chi connectivity index (χ0) is 26.5. The predicted molar refractivity (Wildman–Crippen MR) is 139 cm³/mol. The largest absolute Gasteiger partial charge is 0.497 e. The molecule has 2 aliphatic rings. The Balaban J connectivity index is 1.63. The average molecular weight is 529 g/mol. The molecule has 1 aromatic carbocycles. The monoisotopic (exact) mass is 528 g/mol. The summed E-state index contributed by atoms with van der Waals surface area (Å²) in [5.41, 5.74) is 1.53. The minimum absolute atomic E-state index is 0.0295. The SMILES string of the molecule is CCOC(=O)C1=C(CN2CCN(C(=O)c3cccs3)CC2)N(C)C(=O)NC1c1ccc(OC)cc1OC. The van der Waals surface area contributed by atoms with Crippen LogP contribution < -0.4 is 14.8 Å². The van der Waals surface area contributed by atoms with E-state index in [9.17, 15) is 14.4 Å². The van der Waals surface area contributed by atoms with Gasteiger partial charge in [0, 0.05) is 57.1 Å². The number of rotatable bonds is 8. The van der Waals surface area contributed by atoms with E-state index in [2.05, 4.69) is 10.2 Å². The molecule has 1 saturated heterocycles. The number of carbonyl (C=O) groups is 3. The number of esters is 1. The Morgan fingerprint density at radius 1 is 1.11 bits per heavy atom. The Morgan fingerprint density at radius 3 is 2.49 bits per heavy atom. The van der Waals surface area contributed by atoms with Gasteiger partial charge in [0.25, 0.3) is 5.91 Å². The lowest BCUT2D eigenvalue weighted by molar-refractivity contribution is -0.139. The van der Waals surface area contributed by atoms with Crippen molar-refractivity contribution >= 4 is 29.2 Å². The fraction of sp³-hybridized carbons (Fsp3) is 0.423. The summed E-state index contributed by atoms with van der Waals surface area (Å²) >= 11 is 1.43. The number of carbonyl (C=O) groups excluding carboxylic acids is 3. The zero-order valence-corrected chi connectivity index (χ0v) is 22.3. The second-order valence-electron chi connectivity index (χ2n) is 8.68. The van der Waals surface area contributed by atoms with E-state index in [1.54, 1.807) is 39.3 Å². The number of amides is 3. The lowest BCUT2D eigenvalue weighted by Crippen LogP contribution is -2.53. The molecule has 1 aromatic heterocycles. The fourth-order valence-electron chi connectivity index (χ4n) is 4.57. The zero-order valence-electron chi connectivity index (χ0n) is 21.5. The smallest absolute Gasteiger partial charge is 0.338 e. The van der Waals surface area contributed by atoms with Crippen LogP contribution in [0.4, 0.5) is 4.79 Å². The van der Waals surface area contributed by atoms with E-state index in [0.29, 0.717) is 61.1 Å². The number of hydrogen-bond acceptors (Lipinski definition) is 8. The molecule has 4 rings (SSSR count). The van der Waals surface area contributed by atoms with Gasteiger partial charge in [-0.3, -0.25) is 14.6 Å². The highest BCUT2D eigenvalue weighted by atomic mass is 32.1. The Labute approximate surface area is 220 Å². The first-order valence-electron chi connectivity index (χ1n) is 12.1. The molecule has 11 heteroatoms. The number of nitrogens with zero attached hydrogens (tertiary/aromatic N) is 3. The van der Waals surface area contributed by atoms with Gasteiger partial charge in [-0.05, 0) is 30.5 Å². The minimum atomic E-state index is -0.764. The van der Waals surface area contributed by atoms with E-state index in [1.807, 2.05) is 22.4 Å². The molecule has 10 nitrogen and oxygen atoms in total. The van der Waals surface area contributed by atoms with Gasteiger partial charge < -0.3 is 24.4 Å². The number of methoxy groups -OCH3 is 2. The van der Waals surface area contributed by atoms with Crippen LogP contribution in [0, 0.1) is 0 Å². The number of urea groups is 1. The summed E-state index contributed by atoms with van der Waals surface area (Å²) in [6.45, 7) is 4.65. The van der Waals surface area contributed by atoms with Crippen LogP contribution in [0.3, 0.4) is 0 Å². The van der Waals surface area contributed by atoms with Gasteiger partial charge >= 0.3 is 12.0 Å². The van der Waals surface area contributed by atoms with Crippen LogP contribution in [0.25, 0.3) is 0 Å². The summed E-state index contributed by atoms with van der Waals surface area (Å²) < 4.78 is 16.3. The number of likely N-dealkylation sites (N-methyl/N-ethyl adjacent to an activating group) is 1. The van der Waals surface area contributed by atoms with Crippen LogP contribution in [0.5, 0.6) is 11.5 Å². The average Bonchev–Trinajstić information content (AvgIpc) is 3.46. The minimum Gasteiger partial charge on any atom is -0.497 e. The molecule has 37 heavy (non-hydrogen) atoms. The second-order valence-corrected chi connectivity index (χ2v) is 9.62. The van der Waals surface area contributed by atoms with Gasteiger partial charge in [-0.15, -0.1) is 11.3 Å². The van der Waals surface area contributed by atoms with Gasteiger partial charge in [0.15, 0.2) is 0 Å². The van der Waals surface area contributed by atoms with E-state index >= 15 is 0 Å². The van der Waals surface area contributed by atoms with Crippen molar-refractivity contribution in [1.29, 1.82) is 0 Å². The lowest BCUT2D eigenvalue weighted by Gasteiger charge is -2.39. The first-order chi connectivity index (χ1) is 17.9. The molecule has 0 saturated carbocycles. The maximum Gasteiger partial charge on any atom is 0.338 e. The van der Waals surface area contributed by atoms with E-state index in [0.717, 1.165) is 4.88 Å². The maximum atomic E-state index is 13.3. The Kier molecular flexibility index (Phi) is 8.34. The van der Waals surface area contributed by atoms with Gasteiger partial charge in [0.05, 0.1) is 37.3 Å². The number of thiophene rings is 1. The molecule has 1 unspecified atom stereocenters. The van der Waals surface area contributed by atoms with Crippen molar-refractivity contribution in [2.45, 2.75) is 13.0 Å². The lowest BCUT2D eigenvalue weighted by atomic mass is 9.93. The van der Waals surface area contributed by atoms with Crippen LogP contribution >= 0.6 is 11.3 Å². The third kappa shape index (κ3) is 5.57. The van der Waals surface area contributed by atoms with Crippen molar-refractivity contribution in [1.82, 2.24) is 20.0 Å². The van der Waals surface area contributed by atoms with E-state index in [1.165, 1.54) is 23.3 Å².